The summed E-state index contributed by atoms with van der Waals surface area (Å²) in [6.45, 7) is 7.81. The van der Waals surface area contributed by atoms with Gasteiger partial charge in [0.2, 0.25) is 0 Å². The van der Waals surface area contributed by atoms with E-state index in [1.165, 1.54) is 16.7 Å². The summed E-state index contributed by atoms with van der Waals surface area (Å²) >= 11 is 0. The van der Waals surface area contributed by atoms with Crippen LogP contribution in [0.25, 0.3) is 0 Å². The molecule has 1 N–H and O–H groups in total. The second-order valence-corrected chi connectivity index (χ2v) is 4.60. The molecule has 0 aliphatic carbocycles. The Labute approximate surface area is 91.5 Å². The summed E-state index contributed by atoms with van der Waals surface area (Å²) in [7, 11) is 0. The molecular weight excluding hydrogens is 186 g/mol. The number of hydrogen-bond acceptors (Lipinski definition) is 2. The summed E-state index contributed by atoms with van der Waals surface area (Å²) < 4.78 is 0. The lowest BCUT2D eigenvalue weighted by Crippen LogP contribution is -2.47. The molecular formula is C13H19NO. The maximum absolute atomic E-state index is 8.94. The van der Waals surface area contributed by atoms with Crippen LogP contribution in [0.2, 0.25) is 0 Å². The number of nitrogens with zero attached hydrogens (tertiary/aromatic N) is 1. The van der Waals surface area contributed by atoms with E-state index in [0.717, 1.165) is 19.6 Å². The van der Waals surface area contributed by atoms with Crippen molar-refractivity contribution in [3.8, 4) is 0 Å². The third-order valence-electron chi connectivity index (χ3n) is 3.40. The first kappa shape index (κ1) is 10.7. The number of rotatable bonds is 3. The lowest BCUT2D eigenvalue weighted by molar-refractivity contribution is 0.0478. The fourth-order valence-corrected chi connectivity index (χ4v) is 2.15. The van der Waals surface area contributed by atoms with Gasteiger partial charge >= 0.3 is 0 Å². The van der Waals surface area contributed by atoms with Gasteiger partial charge in [-0.2, -0.15) is 0 Å². The quantitative estimate of drug-likeness (QED) is 0.812. The van der Waals surface area contributed by atoms with Gasteiger partial charge in [-0.05, 0) is 30.5 Å². The zero-order chi connectivity index (χ0) is 10.8. The zero-order valence-electron chi connectivity index (χ0n) is 9.53. The average molecular weight is 205 g/mol. The van der Waals surface area contributed by atoms with Crippen LogP contribution in [0.3, 0.4) is 0 Å². The van der Waals surface area contributed by atoms with Crippen molar-refractivity contribution in [2.75, 3.05) is 19.7 Å². The highest BCUT2D eigenvalue weighted by molar-refractivity contribution is 5.33. The molecule has 0 unspecified atom stereocenters. The lowest BCUT2D eigenvalue weighted by Gasteiger charge is -2.38. The van der Waals surface area contributed by atoms with E-state index in [2.05, 4.69) is 36.9 Å². The highest BCUT2D eigenvalue weighted by Crippen LogP contribution is 2.20. The molecule has 0 radical (unpaired) electrons. The molecule has 1 heterocycles. The summed E-state index contributed by atoms with van der Waals surface area (Å²) in [6, 6.07) is 6.49. The van der Waals surface area contributed by atoms with E-state index in [0.29, 0.717) is 12.5 Å². The third-order valence-corrected chi connectivity index (χ3v) is 3.40. The lowest BCUT2D eigenvalue weighted by atomic mass is 9.98. The Morgan fingerprint density at radius 3 is 2.73 bits per heavy atom. The highest BCUT2D eigenvalue weighted by Gasteiger charge is 2.25. The fourth-order valence-electron chi connectivity index (χ4n) is 2.15. The molecule has 82 valence electrons. The van der Waals surface area contributed by atoms with E-state index >= 15 is 0 Å². The summed E-state index contributed by atoms with van der Waals surface area (Å²) in [6.07, 6.45) is 0. The minimum atomic E-state index is 0.337. The van der Waals surface area contributed by atoms with Crippen LogP contribution in [0, 0.1) is 19.8 Å². The fraction of sp³-hybridized carbons (Fsp3) is 0.538. The normalized spacial score (nSPS) is 17.8. The molecule has 0 amide bonds. The maximum Gasteiger partial charge on any atom is 0.0483 e. The van der Waals surface area contributed by atoms with Crippen LogP contribution in [-0.4, -0.2) is 29.7 Å². The first-order valence-electron chi connectivity index (χ1n) is 5.59. The molecule has 1 aliphatic heterocycles. The maximum atomic E-state index is 8.94. The minimum absolute atomic E-state index is 0.337. The predicted molar refractivity (Wildman–Crippen MR) is 61.8 cm³/mol. The molecule has 2 nitrogen and oxygen atoms in total. The molecule has 15 heavy (non-hydrogen) atoms. The van der Waals surface area contributed by atoms with Crippen molar-refractivity contribution in [1.82, 2.24) is 4.90 Å². The number of aliphatic hydroxyl groups is 1. The van der Waals surface area contributed by atoms with Crippen molar-refractivity contribution in [2.45, 2.75) is 20.4 Å². The number of likely N-dealkylation sites (tertiary alicyclic amines) is 1. The standard InChI is InChI=1S/C13H19NO/c1-10-4-3-5-13(11(10)2)8-14-6-12(7-14)9-15/h3-5,12,15H,6-9H2,1-2H3. The second kappa shape index (κ2) is 4.33. The molecule has 0 saturated carbocycles. The number of hydrogen-bond donors (Lipinski definition) is 1. The van der Waals surface area contributed by atoms with Gasteiger partial charge in [-0.3, -0.25) is 4.90 Å². The van der Waals surface area contributed by atoms with Crippen molar-refractivity contribution >= 4 is 0 Å². The Balaban J connectivity index is 1.97. The zero-order valence-corrected chi connectivity index (χ0v) is 9.53. The Morgan fingerprint density at radius 1 is 1.33 bits per heavy atom. The monoisotopic (exact) mass is 205 g/mol. The molecule has 0 aromatic heterocycles. The van der Waals surface area contributed by atoms with Crippen molar-refractivity contribution in [3.05, 3.63) is 34.9 Å². The summed E-state index contributed by atoms with van der Waals surface area (Å²) in [5.41, 5.74) is 4.20. The van der Waals surface area contributed by atoms with Gasteiger partial charge in [0.25, 0.3) is 0 Å². The van der Waals surface area contributed by atoms with E-state index < -0.39 is 0 Å². The molecule has 1 aromatic carbocycles. The SMILES string of the molecule is Cc1cccc(CN2CC(CO)C2)c1C. The molecule has 0 bridgehead atoms. The van der Waals surface area contributed by atoms with Gasteiger partial charge in [-0.25, -0.2) is 0 Å². The summed E-state index contributed by atoms with van der Waals surface area (Å²) in [5.74, 6) is 0.509. The molecule has 1 saturated heterocycles. The Hall–Kier alpha value is -0.860. The van der Waals surface area contributed by atoms with E-state index in [4.69, 9.17) is 5.11 Å². The van der Waals surface area contributed by atoms with Gasteiger partial charge in [-0.15, -0.1) is 0 Å². The number of aliphatic hydroxyl groups excluding tert-OH is 1. The first-order chi connectivity index (χ1) is 7.20. The second-order valence-electron chi connectivity index (χ2n) is 4.60. The van der Waals surface area contributed by atoms with Gasteiger partial charge < -0.3 is 5.11 Å². The summed E-state index contributed by atoms with van der Waals surface area (Å²) in [5, 5.41) is 8.94. The molecule has 2 rings (SSSR count). The van der Waals surface area contributed by atoms with Crippen LogP contribution in [0.5, 0.6) is 0 Å². The molecule has 1 fully saturated rings. The molecule has 1 aromatic rings. The third kappa shape index (κ3) is 2.21. The average Bonchev–Trinajstić information content (AvgIpc) is 2.17. The smallest absolute Gasteiger partial charge is 0.0483 e. The first-order valence-corrected chi connectivity index (χ1v) is 5.59. The van der Waals surface area contributed by atoms with Crippen molar-refractivity contribution in [3.63, 3.8) is 0 Å². The van der Waals surface area contributed by atoms with Gasteiger partial charge in [-0.1, -0.05) is 18.2 Å². The van der Waals surface area contributed by atoms with Crippen LogP contribution < -0.4 is 0 Å². The highest BCUT2D eigenvalue weighted by atomic mass is 16.3. The Morgan fingerprint density at radius 2 is 2.07 bits per heavy atom. The topological polar surface area (TPSA) is 23.5 Å². The van der Waals surface area contributed by atoms with Gasteiger partial charge in [0.15, 0.2) is 0 Å². The van der Waals surface area contributed by atoms with Crippen LogP contribution in [-0.2, 0) is 6.54 Å². The van der Waals surface area contributed by atoms with Crippen molar-refractivity contribution < 1.29 is 5.11 Å². The van der Waals surface area contributed by atoms with E-state index in [9.17, 15) is 0 Å². The minimum Gasteiger partial charge on any atom is -0.396 e. The van der Waals surface area contributed by atoms with Crippen LogP contribution in [0.4, 0.5) is 0 Å². The molecule has 0 atom stereocenters. The van der Waals surface area contributed by atoms with Crippen LogP contribution in [0.15, 0.2) is 18.2 Å². The van der Waals surface area contributed by atoms with E-state index in [1.54, 1.807) is 0 Å². The van der Waals surface area contributed by atoms with Gasteiger partial charge in [0, 0.05) is 32.2 Å². The predicted octanol–water partition coefficient (Wildman–Crippen LogP) is 1.73. The van der Waals surface area contributed by atoms with Crippen LogP contribution in [0.1, 0.15) is 16.7 Å². The molecule has 0 spiro atoms. The summed E-state index contributed by atoms with van der Waals surface area (Å²) in [4.78, 5) is 2.39. The number of aryl methyl sites for hydroxylation is 1. The van der Waals surface area contributed by atoms with Gasteiger partial charge in [0.1, 0.15) is 0 Å². The van der Waals surface area contributed by atoms with E-state index in [1.807, 2.05) is 0 Å². The van der Waals surface area contributed by atoms with Crippen molar-refractivity contribution in [1.29, 1.82) is 0 Å². The van der Waals surface area contributed by atoms with Crippen LogP contribution >= 0.6 is 0 Å². The largest absolute Gasteiger partial charge is 0.396 e. The van der Waals surface area contributed by atoms with Gasteiger partial charge in [0.05, 0.1) is 0 Å². The van der Waals surface area contributed by atoms with E-state index in [-0.39, 0.29) is 0 Å². The molecule has 1 aliphatic rings. The van der Waals surface area contributed by atoms with Crippen molar-refractivity contribution in [2.24, 2.45) is 5.92 Å². The Kier molecular flexibility index (Phi) is 3.08. The molecule has 2 heteroatoms. The Bertz CT molecular complexity index is 342. The number of benzene rings is 1.